The average molecular weight is 279 g/mol. The fourth-order valence-corrected chi connectivity index (χ4v) is 2.20. The van der Waals surface area contributed by atoms with E-state index in [1.54, 1.807) is 14.2 Å². The zero-order valence-electron chi connectivity index (χ0n) is 12.1. The number of aryl methyl sites for hydroxylation is 1. The molecule has 20 heavy (non-hydrogen) atoms. The van der Waals surface area contributed by atoms with Gasteiger partial charge in [0.25, 0.3) is 0 Å². The lowest BCUT2D eigenvalue weighted by Gasteiger charge is -2.10. The summed E-state index contributed by atoms with van der Waals surface area (Å²) in [5.41, 5.74) is 1.81. The number of fused-ring (bicyclic) bond motifs is 1. The maximum Gasteiger partial charge on any atom is 0.203 e. The highest BCUT2D eigenvalue weighted by Gasteiger charge is 2.14. The number of benzene rings is 1. The van der Waals surface area contributed by atoms with Crippen molar-refractivity contribution < 1.29 is 14.6 Å². The van der Waals surface area contributed by atoms with Crippen LogP contribution >= 0.6 is 0 Å². The highest BCUT2D eigenvalue weighted by molar-refractivity contribution is 5.82. The van der Waals surface area contributed by atoms with Crippen molar-refractivity contribution in [3.05, 3.63) is 12.1 Å². The highest BCUT2D eigenvalue weighted by Crippen LogP contribution is 2.33. The van der Waals surface area contributed by atoms with Crippen molar-refractivity contribution in [3.63, 3.8) is 0 Å². The van der Waals surface area contributed by atoms with Crippen molar-refractivity contribution in [2.75, 3.05) is 32.7 Å². The number of methoxy groups -OCH3 is 2. The van der Waals surface area contributed by atoms with Crippen LogP contribution in [0.2, 0.25) is 0 Å². The van der Waals surface area contributed by atoms with Crippen molar-refractivity contribution in [2.45, 2.75) is 19.9 Å². The molecule has 2 aromatic rings. The van der Waals surface area contributed by atoms with Crippen molar-refractivity contribution in [1.29, 1.82) is 0 Å². The molecule has 0 saturated heterocycles. The number of aromatic nitrogens is 2. The Bertz CT molecular complexity index is 581. The molecule has 2 N–H and O–H groups in total. The van der Waals surface area contributed by atoms with Gasteiger partial charge in [0.1, 0.15) is 0 Å². The van der Waals surface area contributed by atoms with Crippen molar-refractivity contribution in [1.82, 2.24) is 9.55 Å². The molecule has 0 bridgehead atoms. The number of imidazole rings is 1. The van der Waals surface area contributed by atoms with Crippen LogP contribution in [0.5, 0.6) is 11.5 Å². The summed E-state index contributed by atoms with van der Waals surface area (Å²) < 4.78 is 12.7. The van der Waals surface area contributed by atoms with Gasteiger partial charge in [-0.3, -0.25) is 0 Å². The molecule has 0 unspecified atom stereocenters. The molecule has 0 atom stereocenters. The number of hydrogen-bond donors (Lipinski definition) is 2. The first-order valence-corrected chi connectivity index (χ1v) is 6.72. The maximum atomic E-state index is 9.04. The average Bonchev–Trinajstić information content (AvgIpc) is 2.80. The fraction of sp³-hybridized carbons (Fsp3) is 0.500. The fourth-order valence-electron chi connectivity index (χ4n) is 2.20. The third kappa shape index (κ3) is 2.65. The van der Waals surface area contributed by atoms with Crippen LogP contribution < -0.4 is 14.8 Å². The minimum atomic E-state index is 0.151. The summed E-state index contributed by atoms with van der Waals surface area (Å²) in [7, 11) is 3.22. The summed E-state index contributed by atoms with van der Waals surface area (Å²) >= 11 is 0. The summed E-state index contributed by atoms with van der Waals surface area (Å²) in [5.74, 6) is 2.13. The maximum absolute atomic E-state index is 9.04. The van der Waals surface area contributed by atoms with Gasteiger partial charge in [-0.2, -0.15) is 0 Å². The molecule has 0 aliphatic rings. The summed E-state index contributed by atoms with van der Waals surface area (Å²) in [4.78, 5) is 4.57. The van der Waals surface area contributed by atoms with E-state index in [1.807, 2.05) is 19.1 Å². The second kappa shape index (κ2) is 6.47. The predicted octanol–water partition coefficient (Wildman–Crippen LogP) is 1.87. The lowest BCUT2D eigenvalue weighted by atomic mass is 10.2. The molecule has 6 nitrogen and oxygen atoms in total. The molecule has 0 fully saturated rings. The Morgan fingerprint density at radius 2 is 1.95 bits per heavy atom. The van der Waals surface area contributed by atoms with E-state index in [2.05, 4.69) is 14.9 Å². The van der Waals surface area contributed by atoms with Crippen LogP contribution in [-0.2, 0) is 6.54 Å². The van der Waals surface area contributed by atoms with Crippen molar-refractivity contribution in [2.24, 2.45) is 0 Å². The Hall–Kier alpha value is -1.95. The Kier molecular flexibility index (Phi) is 4.68. The normalized spacial score (nSPS) is 10.8. The first-order chi connectivity index (χ1) is 9.74. The lowest BCUT2D eigenvalue weighted by Crippen LogP contribution is -2.08. The van der Waals surface area contributed by atoms with Gasteiger partial charge in [-0.25, -0.2) is 4.98 Å². The van der Waals surface area contributed by atoms with E-state index in [0.717, 1.165) is 23.5 Å². The third-order valence-electron chi connectivity index (χ3n) is 3.13. The van der Waals surface area contributed by atoms with Crippen molar-refractivity contribution in [3.8, 4) is 11.5 Å². The molecular formula is C14H21N3O3. The van der Waals surface area contributed by atoms with Gasteiger partial charge in [-0.05, 0) is 13.3 Å². The molecule has 1 aromatic heterocycles. The number of aliphatic hydroxyl groups is 1. The molecule has 0 radical (unpaired) electrons. The van der Waals surface area contributed by atoms with Crippen LogP contribution in [0.25, 0.3) is 11.0 Å². The minimum absolute atomic E-state index is 0.151. The lowest BCUT2D eigenvalue weighted by molar-refractivity contribution is 0.281. The second-order valence-corrected chi connectivity index (χ2v) is 4.39. The molecule has 0 amide bonds. The van der Waals surface area contributed by atoms with Crippen LogP contribution in [0.3, 0.4) is 0 Å². The topological polar surface area (TPSA) is 68.5 Å². The molecule has 1 heterocycles. The number of hydrogen-bond acceptors (Lipinski definition) is 5. The van der Waals surface area contributed by atoms with Gasteiger partial charge in [-0.15, -0.1) is 0 Å². The molecule has 110 valence electrons. The Morgan fingerprint density at radius 3 is 2.55 bits per heavy atom. The van der Waals surface area contributed by atoms with Gasteiger partial charge < -0.3 is 24.5 Å². The molecule has 0 aliphatic heterocycles. The molecule has 2 rings (SSSR count). The van der Waals surface area contributed by atoms with Gasteiger partial charge in [0.05, 0.1) is 25.3 Å². The van der Waals surface area contributed by atoms with E-state index >= 15 is 0 Å². The van der Waals surface area contributed by atoms with Gasteiger partial charge in [0.2, 0.25) is 5.95 Å². The summed E-state index contributed by atoms with van der Waals surface area (Å²) in [5, 5.41) is 12.3. The SMILES string of the molecule is CCNc1nc2cc(OC)c(OC)cc2n1CCCO. The van der Waals surface area contributed by atoms with E-state index in [1.165, 1.54) is 0 Å². The number of aliphatic hydroxyl groups excluding tert-OH is 1. The molecule has 1 aromatic carbocycles. The predicted molar refractivity (Wildman–Crippen MR) is 78.7 cm³/mol. The van der Waals surface area contributed by atoms with Gasteiger partial charge in [-0.1, -0.05) is 0 Å². The first-order valence-electron chi connectivity index (χ1n) is 6.72. The first kappa shape index (κ1) is 14.5. The monoisotopic (exact) mass is 279 g/mol. The van der Waals surface area contributed by atoms with Crippen LogP contribution in [0, 0.1) is 0 Å². The molecule has 0 spiro atoms. The van der Waals surface area contributed by atoms with E-state index < -0.39 is 0 Å². The van der Waals surface area contributed by atoms with Gasteiger partial charge >= 0.3 is 0 Å². The quantitative estimate of drug-likeness (QED) is 0.809. The number of nitrogens with one attached hydrogen (secondary N) is 1. The van der Waals surface area contributed by atoms with Gasteiger partial charge in [0, 0.05) is 31.8 Å². The van der Waals surface area contributed by atoms with E-state index in [0.29, 0.717) is 24.5 Å². The molecule has 6 heteroatoms. The number of rotatable bonds is 7. The molecular weight excluding hydrogens is 258 g/mol. The largest absolute Gasteiger partial charge is 0.493 e. The van der Waals surface area contributed by atoms with E-state index in [4.69, 9.17) is 14.6 Å². The molecule has 0 saturated carbocycles. The Labute approximate surface area is 118 Å². The van der Waals surface area contributed by atoms with Crippen LogP contribution in [0.4, 0.5) is 5.95 Å². The zero-order chi connectivity index (χ0) is 14.5. The Balaban J connectivity index is 2.55. The zero-order valence-corrected chi connectivity index (χ0v) is 12.1. The summed E-state index contributed by atoms with van der Waals surface area (Å²) in [6.07, 6.45) is 0.679. The second-order valence-electron chi connectivity index (χ2n) is 4.39. The summed E-state index contributed by atoms with van der Waals surface area (Å²) in [6, 6.07) is 3.78. The number of nitrogens with zero attached hydrogens (tertiary/aromatic N) is 2. The molecule has 0 aliphatic carbocycles. The van der Waals surface area contributed by atoms with E-state index in [-0.39, 0.29) is 6.61 Å². The third-order valence-corrected chi connectivity index (χ3v) is 3.13. The van der Waals surface area contributed by atoms with E-state index in [9.17, 15) is 0 Å². The van der Waals surface area contributed by atoms with Crippen LogP contribution in [0.15, 0.2) is 12.1 Å². The minimum Gasteiger partial charge on any atom is -0.493 e. The van der Waals surface area contributed by atoms with Crippen molar-refractivity contribution >= 4 is 17.0 Å². The summed E-state index contributed by atoms with van der Waals surface area (Å²) in [6.45, 7) is 3.66. The number of ether oxygens (including phenoxy) is 2. The standard InChI is InChI=1S/C14H21N3O3/c1-4-15-14-16-10-8-12(19-2)13(20-3)9-11(10)17(14)6-5-7-18/h8-9,18H,4-7H2,1-3H3,(H,15,16). The van der Waals surface area contributed by atoms with Crippen LogP contribution in [-0.4, -0.2) is 42.0 Å². The highest BCUT2D eigenvalue weighted by atomic mass is 16.5. The van der Waals surface area contributed by atoms with Crippen LogP contribution in [0.1, 0.15) is 13.3 Å². The van der Waals surface area contributed by atoms with Gasteiger partial charge in [0.15, 0.2) is 11.5 Å². The number of anilines is 1. The Morgan fingerprint density at radius 1 is 1.25 bits per heavy atom. The smallest absolute Gasteiger partial charge is 0.203 e.